The van der Waals surface area contributed by atoms with E-state index in [-0.39, 0.29) is 11.9 Å². The molecule has 0 spiro atoms. The highest BCUT2D eigenvalue weighted by atomic mass is 16.5. The van der Waals surface area contributed by atoms with E-state index in [2.05, 4.69) is 15.3 Å². The highest BCUT2D eigenvalue weighted by Crippen LogP contribution is 2.21. The van der Waals surface area contributed by atoms with Crippen LogP contribution in [0.4, 0.5) is 5.69 Å². The summed E-state index contributed by atoms with van der Waals surface area (Å²) in [6.07, 6.45) is 4.97. The number of anilines is 1. The molecule has 6 heteroatoms. The number of hydrogen-bond donors (Lipinski definition) is 1. The van der Waals surface area contributed by atoms with Crippen LogP contribution in [0.3, 0.4) is 0 Å². The smallest absolute Gasteiger partial charge is 0.261 e. The highest BCUT2D eigenvalue weighted by Gasteiger charge is 2.28. The van der Waals surface area contributed by atoms with Crippen molar-refractivity contribution in [2.45, 2.75) is 38.8 Å². The van der Waals surface area contributed by atoms with Crippen LogP contribution in [0.15, 0.2) is 36.7 Å². The first kappa shape index (κ1) is 17.3. The fraction of sp³-hybridized carbons (Fsp3) is 0.474. The van der Waals surface area contributed by atoms with Gasteiger partial charge < -0.3 is 15.0 Å². The number of rotatable bonds is 6. The van der Waals surface area contributed by atoms with Gasteiger partial charge in [-0.25, -0.2) is 0 Å². The van der Waals surface area contributed by atoms with Crippen LogP contribution in [0, 0.1) is 6.92 Å². The third-order valence-electron chi connectivity index (χ3n) is 4.62. The van der Waals surface area contributed by atoms with Crippen molar-refractivity contribution in [1.29, 1.82) is 0 Å². The van der Waals surface area contributed by atoms with E-state index >= 15 is 0 Å². The Morgan fingerprint density at radius 3 is 2.92 bits per heavy atom. The third kappa shape index (κ3) is 4.13. The Hall–Kier alpha value is -2.50. The molecular weight excluding hydrogens is 316 g/mol. The monoisotopic (exact) mass is 342 g/mol. The standard InChI is InChI=1S/C19H26N4O2/c1-4-17(25-18-8-6-5-7-14(18)2)19(24)21-15-9-10-23(12-15)16-11-20-22(3)13-16/h5-8,11,13,15,17H,4,9-10,12H2,1-3H3,(H,21,24)/t15-,17+/m1/s1. The second-order valence-electron chi connectivity index (χ2n) is 6.59. The Morgan fingerprint density at radius 1 is 1.44 bits per heavy atom. The summed E-state index contributed by atoms with van der Waals surface area (Å²) in [6, 6.07) is 7.93. The van der Waals surface area contributed by atoms with Crippen LogP contribution in [-0.4, -0.2) is 40.9 Å². The third-order valence-corrected chi connectivity index (χ3v) is 4.62. The van der Waals surface area contributed by atoms with Crippen molar-refractivity contribution >= 4 is 11.6 Å². The van der Waals surface area contributed by atoms with E-state index in [1.165, 1.54) is 0 Å². The predicted molar refractivity (Wildman–Crippen MR) is 97.9 cm³/mol. The van der Waals surface area contributed by atoms with Gasteiger partial charge in [-0.15, -0.1) is 0 Å². The summed E-state index contributed by atoms with van der Waals surface area (Å²) in [7, 11) is 1.91. The molecule has 1 aliphatic rings. The lowest BCUT2D eigenvalue weighted by atomic mass is 10.2. The highest BCUT2D eigenvalue weighted by molar-refractivity contribution is 5.81. The van der Waals surface area contributed by atoms with Crippen molar-refractivity contribution in [2.75, 3.05) is 18.0 Å². The molecule has 3 rings (SSSR count). The second-order valence-corrected chi connectivity index (χ2v) is 6.59. The predicted octanol–water partition coefficient (Wildman–Crippen LogP) is 2.28. The molecule has 0 unspecified atom stereocenters. The van der Waals surface area contributed by atoms with Crippen molar-refractivity contribution in [3.8, 4) is 5.75 Å². The molecule has 1 saturated heterocycles. The summed E-state index contributed by atoms with van der Waals surface area (Å²) < 4.78 is 7.74. The maximum absolute atomic E-state index is 12.6. The van der Waals surface area contributed by atoms with Gasteiger partial charge in [0.15, 0.2) is 6.10 Å². The number of carbonyl (C=O) groups is 1. The van der Waals surface area contributed by atoms with Gasteiger partial charge in [0, 0.05) is 32.4 Å². The first-order valence-electron chi connectivity index (χ1n) is 8.83. The number of nitrogens with zero attached hydrogens (tertiary/aromatic N) is 3. The van der Waals surface area contributed by atoms with Crippen molar-refractivity contribution in [3.05, 3.63) is 42.2 Å². The molecule has 6 nitrogen and oxygen atoms in total. The molecule has 0 bridgehead atoms. The zero-order valence-electron chi connectivity index (χ0n) is 15.1. The van der Waals surface area contributed by atoms with E-state index in [1.807, 2.05) is 57.6 Å². The molecule has 0 radical (unpaired) electrons. The maximum Gasteiger partial charge on any atom is 0.261 e. The number of carbonyl (C=O) groups excluding carboxylic acids is 1. The molecule has 2 atom stereocenters. The summed E-state index contributed by atoms with van der Waals surface area (Å²) in [5.74, 6) is 0.733. The first-order chi connectivity index (χ1) is 12.1. The lowest BCUT2D eigenvalue weighted by Crippen LogP contribution is -2.44. The summed E-state index contributed by atoms with van der Waals surface area (Å²) in [5, 5.41) is 7.35. The lowest BCUT2D eigenvalue weighted by Gasteiger charge is -2.21. The molecule has 1 aliphatic heterocycles. The largest absolute Gasteiger partial charge is 0.480 e. The molecule has 2 aromatic rings. The Kier molecular flexibility index (Phi) is 5.26. The van der Waals surface area contributed by atoms with Crippen molar-refractivity contribution in [1.82, 2.24) is 15.1 Å². The number of nitrogens with one attached hydrogen (secondary N) is 1. The van der Waals surface area contributed by atoms with E-state index < -0.39 is 6.10 Å². The van der Waals surface area contributed by atoms with Gasteiger partial charge in [0.1, 0.15) is 5.75 Å². The van der Waals surface area contributed by atoms with Crippen molar-refractivity contribution < 1.29 is 9.53 Å². The van der Waals surface area contributed by atoms with Gasteiger partial charge in [-0.3, -0.25) is 9.48 Å². The summed E-state index contributed by atoms with van der Waals surface area (Å²) in [6.45, 7) is 5.69. The van der Waals surface area contributed by atoms with Crippen LogP contribution in [0.2, 0.25) is 0 Å². The minimum Gasteiger partial charge on any atom is -0.480 e. The van der Waals surface area contributed by atoms with E-state index in [4.69, 9.17) is 4.74 Å². The van der Waals surface area contributed by atoms with Crippen molar-refractivity contribution in [2.24, 2.45) is 7.05 Å². The number of hydrogen-bond acceptors (Lipinski definition) is 4. The Labute approximate surface area is 148 Å². The number of benzene rings is 1. The van der Waals surface area contributed by atoms with Gasteiger partial charge in [0.05, 0.1) is 11.9 Å². The SMILES string of the molecule is CC[C@H](Oc1ccccc1C)C(=O)N[C@@H]1CCN(c2cnn(C)c2)C1. The quantitative estimate of drug-likeness (QED) is 0.875. The normalized spacial score (nSPS) is 18.2. The second kappa shape index (κ2) is 7.59. The minimum atomic E-state index is -0.464. The van der Waals surface area contributed by atoms with Crippen LogP contribution in [0.25, 0.3) is 0 Å². The van der Waals surface area contributed by atoms with Crippen LogP contribution in [-0.2, 0) is 11.8 Å². The van der Waals surface area contributed by atoms with Crippen LogP contribution < -0.4 is 15.0 Å². The van der Waals surface area contributed by atoms with Crippen LogP contribution in [0.1, 0.15) is 25.3 Å². The van der Waals surface area contributed by atoms with Gasteiger partial charge in [-0.05, 0) is 31.4 Å². The van der Waals surface area contributed by atoms with Crippen LogP contribution >= 0.6 is 0 Å². The van der Waals surface area contributed by atoms with Crippen molar-refractivity contribution in [3.63, 3.8) is 0 Å². The Bertz CT molecular complexity index is 728. The molecule has 1 N–H and O–H groups in total. The zero-order chi connectivity index (χ0) is 17.8. The van der Waals surface area contributed by atoms with E-state index in [0.717, 1.165) is 36.5 Å². The molecule has 1 amide bonds. The summed E-state index contributed by atoms with van der Waals surface area (Å²) in [4.78, 5) is 14.9. The van der Waals surface area contributed by atoms with E-state index in [1.54, 1.807) is 4.68 Å². The van der Waals surface area contributed by atoms with Gasteiger partial charge >= 0.3 is 0 Å². The summed E-state index contributed by atoms with van der Waals surface area (Å²) >= 11 is 0. The zero-order valence-corrected chi connectivity index (χ0v) is 15.1. The van der Waals surface area contributed by atoms with Gasteiger partial charge in [-0.2, -0.15) is 5.10 Å². The summed E-state index contributed by atoms with van der Waals surface area (Å²) in [5.41, 5.74) is 2.14. The number of aryl methyl sites for hydroxylation is 2. The van der Waals surface area contributed by atoms with Gasteiger partial charge in [-0.1, -0.05) is 25.1 Å². The molecule has 1 aromatic heterocycles. The number of para-hydroxylation sites is 1. The van der Waals surface area contributed by atoms with Gasteiger partial charge in [0.2, 0.25) is 0 Å². The first-order valence-corrected chi connectivity index (χ1v) is 8.83. The number of aromatic nitrogens is 2. The maximum atomic E-state index is 12.6. The fourth-order valence-electron chi connectivity index (χ4n) is 3.14. The fourth-order valence-corrected chi connectivity index (χ4v) is 3.14. The molecule has 0 aliphatic carbocycles. The molecule has 2 heterocycles. The Balaban J connectivity index is 1.56. The van der Waals surface area contributed by atoms with Gasteiger partial charge in [0.25, 0.3) is 5.91 Å². The molecule has 25 heavy (non-hydrogen) atoms. The molecular formula is C19H26N4O2. The molecule has 1 aromatic carbocycles. The van der Waals surface area contributed by atoms with Crippen LogP contribution in [0.5, 0.6) is 5.75 Å². The topological polar surface area (TPSA) is 59.4 Å². The molecule has 0 saturated carbocycles. The Morgan fingerprint density at radius 2 is 2.24 bits per heavy atom. The van der Waals surface area contributed by atoms with E-state index in [0.29, 0.717) is 6.42 Å². The average Bonchev–Trinajstić information content (AvgIpc) is 3.23. The minimum absolute atomic E-state index is 0.0382. The molecule has 1 fully saturated rings. The molecule has 134 valence electrons. The van der Waals surface area contributed by atoms with E-state index in [9.17, 15) is 4.79 Å². The number of amides is 1. The number of ether oxygens (including phenoxy) is 1. The average molecular weight is 342 g/mol. The lowest BCUT2D eigenvalue weighted by molar-refractivity contribution is -0.128.